The monoisotopic (exact) mass is 291 g/mol. The van der Waals surface area contributed by atoms with Crippen molar-refractivity contribution in [3.8, 4) is 11.8 Å². The van der Waals surface area contributed by atoms with Crippen LogP contribution in [0.25, 0.3) is 0 Å². The quantitative estimate of drug-likeness (QED) is 0.757. The van der Waals surface area contributed by atoms with Crippen LogP contribution in [0, 0.1) is 11.3 Å². The highest BCUT2D eigenvalue weighted by atomic mass is 16.5. The third kappa shape index (κ3) is 7.09. The molecule has 0 radical (unpaired) electrons. The van der Waals surface area contributed by atoms with Gasteiger partial charge in [-0.1, -0.05) is 12.1 Å². The molecule has 0 saturated carbocycles. The lowest BCUT2D eigenvalue weighted by molar-refractivity contribution is 0.0336. The number of nitriles is 1. The molecule has 21 heavy (non-hydrogen) atoms. The fourth-order valence-electron chi connectivity index (χ4n) is 2.13. The van der Waals surface area contributed by atoms with Gasteiger partial charge in [0.25, 0.3) is 0 Å². The molecule has 5 nitrogen and oxygen atoms in total. The van der Waals surface area contributed by atoms with E-state index in [2.05, 4.69) is 5.32 Å². The molecule has 0 heterocycles. The molecule has 0 bridgehead atoms. The first-order valence-electron chi connectivity index (χ1n) is 7.05. The first-order valence-corrected chi connectivity index (χ1v) is 7.05. The van der Waals surface area contributed by atoms with Gasteiger partial charge in [0, 0.05) is 19.6 Å². The van der Waals surface area contributed by atoms with Gasteiger partial charge in [-0.3, -0.25) is 0 Å². The molecular weight excluding hydrogens is 266 g/mol. The maximum Gasteiger partial charge on any atom is 0.181 e. The van der Waals surface area contributed by atoms with Gasteiger partial charge in [-0.2, -0.15) is 5.26 Å². The third-order valence-electron chi connectivity index (χ3n) is 2.91. The van der Waals surface area contributed by atoms with Crippen LogP contribution in [-0.4, -0.2) is 48.9 Å². The Kier molecular flexibility index (Phi) is 6.63. The Hall–Kier alpha value is -1.61. The second kappa shape index (κ2) is 7.99. The number of hydrogen-bond acceptors (Lipinski definition) is 5. The maximum absolute atomic E-state index is 10.2. The minimum Gasteiger partial charge on any atom is -0.476 e. The molecule has 2 atom stereocenters. The molecule has 2 unspecified atom stereocenters. The first kappa shape index (κ1) is 17.4. The summed E-state index contributed by atoms with van der Waals surface area (Å²) >= 11 is 0. The van der Waals surface area contributed by atoms with Gasteiger partial charge in [-0.05, 0) is 45.6 Å². The van der Waals surface area contributed by atoms with Gasteiger partial charge >= 0.3 is 0 Å². The van der Waals surface area contributed by atoms with E-state index in [1.165, 1.54) is 0 Å². The molecule has 1 aromatic carbocycles. The second-order valence-corrected chi connectivity index (χ2v) is 5.87. The maximum atomic E-state index is 10.2. The number of likely N-dealkylation sites (N-methyl/N-ethyl adjacent to an activating group) is 1. The Bertz CT molecular complexity index is 463. The van der Waals surface area contributed by atoms with Gasteiger partial charge in [0.15, 0.2) is 6.10 Å². The second-order valence-electron chi connectivity index (χ2n) is 5.87. The van der Waals surface area contributed by atoms with Crippen molar-refractivity contribution >= 4 is 0 Å². The normalized spacial score (nSPS) is 15.3. The average molecular weight is 291 g/mol. The standard InChI is InChI=1S/C16H25N3O2/c1-13(9-17)21-15-7-5-14(6-8-15)10-18-11-16(2,20)12-19(3)4/h5-8,13,18,20H,10-12H2,1-4H3. The highest BCUT2D eigenvalue weighted by molar-refractivity contribution is 5.27. The molecule has 0 aliphatic rings. The number of nitrogens with zero attached hydrogens (tertiary/aromatic N) is 2. The molecule has 0 fully saturated rings. The number of aliphatic hydroxyl groups is 1. The summed E-state index contributed by atoms with van der Waals surface area (Å²) in [7, 11) is 3.88. The minimum absolute atomic E-state index is 0.449. The fraction of sp³-hybridized carbons (Fsp3) is 0.562. The first-order chi connectivity index (χ1) is 9.82. The van der Waals surface area contributed by atoms with E-state index >= 15 is 0 Å². The largest absolute Gasteiger partial charge is 0.476 e. The summed E-state index contributed by atoms with van der Waals surface area (Å²) in [6, 6.07) is 9.63. The van der Waals surface area contributed by atoms with Gasteiger partial charge in [0.1, 0.15) is 11.8 Å². The van der Waals surface area contributed by atoms with Crippen LogP contribution in [0.4, 0.5) is 0 Å². The molecule has 1 aromatic rings. The van der Waals surface area contributed by atoms with Gasteiger partial charge in [-0.25, -0.2) is 0 Å². The van der Waals surface area contributed by atoms with Crippen molar-refractivity contribution < 1.29 is 9.84 Å². The summed E-state index contributed by atoms with van der Waals surface area (Å²) in [5.74, 6) is 0.687. The van der Waals surface area contributed by atoms with E-state index < -0.39 is 11.7 Å². The molecule has 0 aliphatic carbocycles. The Balaban J connectivity index is 2.41. The molecule has 1 rings (SSSR count). The Labute approximate surface area is 127 Å². The summed E-state index contributed by atoms with van der Waals surface area (Å²) in [4.78, 5) is 1.96. The van der Waals surface area contributed by atoms with E-state index in [0.717, 1.165) is 5.56 Å². The zero-order valence-electron chi connectivity index (χ0n) is 13.3. The van der Waals surface area contributed by atoms with E-state index in [1.54, 1.807) is 6.92 Å². The SMILES string of the molecule is CC(C#N)Oc1ccc(CNCC(C)(O)CN(C)C)cc1. The number of nitrogens with one attached hydrogen (secondary N) is 1. The highest BCUT2D eigenvalue weighted by Gasteiger charge is 2.20. The van der Waals surface area contributed by atoms with Crippen LogP contribution >= 0.6 is 0 Å². The van der Waals surface area contributed by atoms with Gasteiger partial charge in [-0.15, -0.1) is 0 Å². The van der Waals surface area contributed by atoms with Crippen LogP contribution in [-0.2, 0) is 6.54 Å². The van der Waals surface area contributed by atoms with Crippen LogP contribution in [0.3, 0.4) is 0 Å². The fourth-order valence-corrected chi connectivity index (χ4v) is 2.13. The van der Waals surface area contributed by atoms with Crippen molar-refractivity contribution in [1.82, 2.24) is 10.2 Å². The van der Waals surface area contributed by atoms with E-state index in [4.69, 9.17) is 10.00 Å². The van der Waals surface area contributed by atoms with E-state index in [1.807, 2.05) is 56.3 Å². The van der Waals surface area contributed by atoms with Crippen LogP contribution < -0.4 is 10.1 Å². The molecule has 5 heteroatoms. The predicted octanol–water partition coefficient (Wildman–Crippen LogP) is 1.38. The summed E-state index contributed by atoms with van der Waals surface area (Å²) in [5.41, 5.74) is 0.349. The minimum atomic E-state index is -0.755. The smallest absolute Gasteiger partial charge is 0.181 e. The molecular formula is C16H25N3O2. The van der Waals surface area contributed by atoms with E-state index in [-0.39, 0.29) is 0 Å². The van der Waals surface area contributed by atoms with Crippen molar-refractivity contribution in [1.29, 1.82) is 5.26 Å². The lowest BCUT2D eigenvalue weighted by atomic mass is 10.1. The topological polar surface area (TPSA) is 68.5 Å². The van der Waals surface area contributed by atoms with Gasteiger partial charge in [0.2, 0.25) is 0 Å². The van der Waals surface area contributed by atoms with Crippen LogP contribution in [0.1, 0.15) is 19.4 Å². The van der Waals surface area contributed by atoms with Crippen LogP contribution in [0.15, 0.2) is 24.3 Å². The third-order valence-corrected chi connectivity index (χ3v) is 2.91. The molecule has 0 amide bonds. The number of ether oxygens (including phenoxy) is 1. The predicted molar refractivity (Wildman–Crippen MR) is 83.0 cm³/mol. The summed E-state index contributed by atoms with van der Waals surface area (Å²) < 4.78 is 5.39. The highest BCUT2D eigenvalue weighted by Crippen LogP contribution is 2.14. The Morgan fingerprint density at radius 2 is 2.00 bits per heavy atom. The zero-order valence-corrected chi connectivity index (χ0v) is 13.3. The van der Waals surface area contributed by atoms with Crippen molar-refractivity contribution in [2.24, 2.45) is 0 Å². The van der Waals surface area contributed by atoms with Crippen molar-refractivity contribution in [3.05, 3.63) is 29.8 Å². The van der Waals surface area contributed by atoms with Crippen molar-refractivity contribution in [2.45, 2.75) is 32.1 Å². The van der Waals surface area contributed by atoms with E-state index in [0.29, 0.717) is 25.4 Å². The molecule has 0 aromatic heterocycles. The lowest BCUT2D eigenvalue weighted by Crippen LogP contribution is -2.45. The van der Waals surface area contributed by atoms with Crippen molar-refractivity contribution in [3.63, 3.8) is 0 Å². The van der Waals surface area contributed by atoms with Crippen molar-refractivity contribution in [2.75, 3.05) is 27.2 Å². The summed E-state index contributed by atoms with van der Waals surface area (Å²) in [5, 5.41) is 22.1. The summed E-state index contributed by atoms with van der Waals surface area (Å²) in [6.45, 7) is 5.34. The average Bonchev–Trinajstić information content (AvgIpc) is 2.39. The number of benzene rings is 1. The molecule has 0 spiro atoms. The van der Waals surface area contributed by atoms with Crippen LogP contribution in [0.2, 0.25) is 0 Å². The molecule has 0 aliphatic heterocycles. The zero-order chi connectivity index (χ0) is 15.9. The molecule has 0 saturated heterocycles. The molecule has 2 N–H and O–H groups in total. The number of rotatable bonds is 8. The Morgan fingerprint density at radius 3 is 2.52 bits per heavy atom. The van der Waals surface area contributed by atoms with Gasteiger partial charge in [0.05, 0.1) is 5.60 Å². The lowest BCUT2D eigenvalue weighted by Gasteiger charge is -2.27. The van der Waals surface area contributed by atoms with Crippen LogP contribution in [0.5, 0.6) is 5.75 Å². The van der Waals surface area contributed by atoms with Gasteiger partial charge < -0.3 is 20.1 Å². The summed E-state index contributed by atoms with van der Waals surface area (Å²) in [6.07, 6.45) is -0.449. The number of hydrogen-bond donors (Lipinski definition) is 2. The molecule has 116 valence electrons. The van der Waals surface area contributed by atoms with E-state index in [9.17, 15) is 5.11 Å². The Morgan fingerprint density at radius 1 is 1.38 bits per heavy atom.